The van der Waals surface area contributed by atoms with Crippen LogP contribution in [0.5, 0.6) is 0 Å². The van der Waals surface area contributed by atoms with E-state index >= 15 is 0 Å². The van der Waals surface area contributed by atoms with Gasteiger partial charge in [0.1, 0.15) is 0 Å². The highest BCUT2D eigenvalue weighted by atomic mass is 16.7. The summed E-state index contributed by atoms with van der Waals surface area (Å²) in [5, 5.41) is 15.8. The van der Waals surface area contributed by atoms with Crippen molar-refractivity contribution in [1.29, 1.82) is 0 Å². The molecule has 1 atom stereocenters. The molecule has 3 fully saturated rings. The third-order valence-corrected chi connectivity index (χ3v) is 7.91. The Balaban J connectivity index is 1.35. The van der Waals surface area contributed by atoms with Crippen LogP contribution < -0.4 is 5.46 Å². The summed E-state index contributed by atoms with van der Waals surface area (Å²) in [5.74, 6) is 0. The van der Waals surface area contributed by atoms with E-state index in [2.05, 4.69) is 55.5 Å². The van der Waals surface area contributed by atoms with Crippen molar-refractivity contribution in [2.75, 3.05) is 13.1 Å². The molecule has 2 saturated heterocycles. The van der Waals surface area contributed by atoms with Crippen LogP contribution in [0.25, 0.3) is 10.9 Å². The van der Waals surface area contributed by atoms with Crippen molar-refractivity contribution in [3.8, 4) is 0 Å². The number of β-amino-alcohol motifs (C(OH)–C–C–N with tert-alkyl or cyclic N) is 1. The van der Waals surface area contributed by atoms with E-state index in [-0.39, 0.29) is 24.4 Å². The van der Waals surface area contributed by atoms with E-state index in [1.807, 2.05) is 6.20 Å². The molecule has 0 radical (unpaired) electrons. The van der Waals surface area contributed by atoms with Gasteiger partial charge >= 0.3 is 7.12 Å². The normalized spacial score (nSPS) is 31.6. The highest BCUT2D eigenvalue weighted by Crippen LogP contribution is 2.38. The Labute approximate surface area is 179 Å². The van der Waals surface area contributed by atoms with Gasteiger partial charge in [0.2, 0.25) is 0 Å². The summed E-state index contributed by atoms with van der Waals surface area (Å²) in [6.45, 7) is 10.3. The van der Waals surface area contributed by atoms with Gasteiger partial charge in [0.25, 0.3) is 0 Å². The molecule has 3 heterocycles. The fourth-order valence-corrected chi connectivity index (χ4v) is 5.33. The quantitative estimate of drug-likeness (QED) is 0.788. The molecule has 5 rings (SSSR count). The highest BCUT2D eigenvalue weighted by molar-refractivity contribution is 6.65. The number of aliphatic hydroxyl groups excluding tert-OH is 1. The molecule has 7 heteroatoms. The Kier molecular flexibility index (Phi) is 5.01. The van der Waals surface area contributed by atoms with E-state index < -0.39 is 0 Å². The van der Waals surface area contributed by atoms with Crippen molar-refractivity contribution in [2.45, 2.75) is 89.2 Å². The van der Waals surface area contributed by atoms with Gasteiger partial charge in [0, 0.05) is 24.5 Å². The second kappa shape index (κ2) is 7.33. The molecule has 1 aliphatic carbocycles. The standard InChI is InChI=1S/C23H34BN3O3/c1-22(2)23(3,4)30-24(29-22)20-6-5-7-21-19(20)14-25-27(21)17-10-8-16(9-11-17)26-13-12-18(28)15-26/h5-7,14,16-18,28H,8-13,15H2,1-4H3/t16-,17-,18-/m1/s1. The first-order valence-corrected chi connectivity index (χ1v) is 11.5. The first kappa shape index (κ1) is 20.5. The molecule has 1 aromatic heterocycles. The Bertz CT molecular complexity index is 904. The predicted octanol–water partition coefficient (Wildman–Crippen LogP) is 2.89. The van der Waals surface area contributed by atoms with Gasteiger partial charge in [-0.3, -0.25) is 9.58 Å². The van der Waals surface area contributed by atoms with Gasteiger partial charge in [-0.25, -0.2) is 0 Å². The first-order valence-electron chi connectivity index (χ1n) is 11.5. The van der Waals surface area contributed by atoms with Gasteiger partial charge < -0.3 is 14.4 Å². The van der Waals surface area contributed by atoms with E-state index in [1.165, 1.54) is 18.4 Å². The Morgan fingerprint density at radius 3 is 2.30 bits per heavy atom. The molecule has 0 bridgehead atoms. The third kappa shape index (κ3) is 3.40. The summed E-state index contributed by atoms with van der Waals surface area (Å²) in [4.78, 5) is 2.48. The SMILES string of the molecule is CC1(C)OB(c2cccc3c2cnn3[C@H]2CC[C@H](N3CC[C@@H](O)C3)CC2)OC1(C)C. The summed E-state index contributed by atoms with van der Waals surface area (Å²) >= 11 is 0. The molecular formula is C23H34BN3O3. The van der Waals surface area contributed by atoms with Crippen LogP contribution in [0, 0.1) is 0 Å². The second-order valence-corrected chi connectivity index (χ2v) is 10.4. The van der Waals surface area contributed by atoms with Crippen molar-refractivity contribution in [1.82, 2.24) is 14.7 Å². The molecule has 6 nitrogen and oxygen atoms in total. The van der Waals surface area contributed by atoms with E-state index in [9.17, 15) is 5.11 Å². The minimum atomic E-state index is -0.367. The average Bonchev–Trinajstić information content (AvgIpc) is 3.38. The van der Waals surface area contributed by atoms with E-state index in [0.29, 0.717) is 12.1 Å². The van der Waals surface area contributed by atoms with Crippen molar-refractivity contribution in [3.63, 3.8) is 0 Å². The van der Waals surface area contributed by atoms with Crippen LogP contribution in [0.4, 0.5) is 0 Å². The highest BCUT2D eigenvalue weighted by Gasteiger charge is 2.52. The van der Waals surface area contributed by atoms with Crippen LogP contribution in [-0.2, 0) is 9.31 Å². The number of rotatable bonds is 3. The second-order valence-electron chi connectivity index (χ2n) is 10.4. The molecule has 1 N–H and O–H groups in total. The molecular weight excluding hydrogens is 377 g/mol. The van der Waals surface area contributed by atoms with E-state index in [0.717, 1.165) is 43.2 Å². The van der Waals surface area contributed by atoms with Crippen molar-refractivity contribution in [3.05, 3.63) is 24.4 Å². The number of hydrogen-bond donors (Lipinski definition) is 1. The van der Waals surface area contributed by atoms with Crippen LogP contribution in [0.15, 0.2) is 24.4 Å². The fourth-order valence-electron chi connectivity index (χ4n) is 5.33. The average molecular weight is 411 g/mol. The molecule has 0 amide bonds. The lowest BCUT2D eigenvalue weighted by atomic mass is 9.77. The van der Waals surface area contributed by atoms with Crippen molar-refractivity contribution in [2.24, 2.45) is 0 Å². The number of aliphatic hydroxyl groups is 1. The topological polar surface area (TPSA) is 59.8 Å². The van der Waals surface area contributed by atoms with Gasteiger partial charge in [0.15, 0.2) is 0 Å². The minimum Gasteiger partial charge on any atom is -0.399 e. The van der Waals surface area contributed by atoms with Gasteiger partial charge in [-0.15, -0.1) is 0 Å². The molecule has 0 unspecified atom stereocenters. The third-order valence-electron chi connectivity index (χ3n) is 7.91. The summed E-state index contributed by atoms with van der Waals surface area (Å²) in [6.07, 6.45) is 7.39. The van der Waals surface area contributed by atoms with Crippen LogP contribution in [0.3, 0.4) is 0 Å². The first-order chi connectivity index (χ1) is 14.2. The maximum Gasteiger partial charge on any atom is 0.495 e. The van der Waals surface area contributed by atoms with E-state index in [4.69, 9.17) is 14.4 Å². The van der Waals surface area contributed by atoms with Crippen LogP contribution in [-0.4, -0.2) is 63.3 Å². The number of hydrogen-bond acceptors (Lipinski definition) is 5. The molecule has 2 aromatic rings. The monoisotopic (exact) mass is 411 g/mol. The number of fused-ring (bicyclic) bond motifs is 1. The molecule has 162 valence electrons. The summed E-state index contributed by atoms with van der Waals surface area (Å²) in [5.41, 5.74) is 1.54. The summed E-state index contributed by atoms with van der Waals surface area (Å²) < 4.78 is 14.8. The zero-order valence-electron chi connectivity index (χ0n) is 18.7. The zero-order chi connectivity index (χ0) is 21.1. The minimum absolute atomic E-state index is 0.133. The largest absolute Gasteiger partial charge is 0.495 e. The smallest absolute Gasteiger partial charge is 0.399 e. The molecule has 0 spiro atoms. The number of benzene rings is 1. The van der Waals surface area contributed by atoms with Crippen molar-refractivity contribution < 1.29 is 14.4 Å². The lowest BCUT2D eigenvalue weighted by Crippen LogP contribution is -2.41. The van der Waals surface area contributed by atoms with Gasteiger partial charge in [-0.1, -0.05) is 12.1 Å². The van der Waals surface area contributed by atoms with Gasteiger partial charge in [-0.05, 0) is 71.3 Å². The Morgan fingerprint density at radius 1 is 1.00 bits per heavy atom. The van der Waals surface area contributed by atoms with Crippen LogP contribution in [0.1, 0.15) is 65.8 Å². The number of nitrogens with zero attached hydrogens (tertiary/aromatic N) is 3. The lowest BCUT2D eigenvalue weighted by Gasteiger charge is -2.34. The zero-order valence-corrected chi connectivity index (χ0v) is 18.7. The molecule has 1 aromatic carbocycles. The molecule has 30 heavy (non-hydrogen) atoms. The fraction of sp³-hybridized carbons (Fsp3) is 0.696. The number of aromatic nitrogens is 2. The molecule has 3 aliphatic rings. The summed E-state index contributed by atoms with van der Waals surface area (Å²) in [7, 11) is -0.367. The van der Waals surface area contributed by atoms with Crippen LogP contribution in [0.2, 0.25) is 0 Å². The maximum absolute atomic E-state index is 9.86. The Hall–Kier alpha value is -1.41. The molecule has 2 aliphatic heterocycles. The van der Waals surface area contributed by atoms with Crippen LogP contribution >= 0.6 is 0 Å². The van der Waals surface area contributed by atoms with Gasteiger partial charge in [-0.2, -0.15) is 5.10 Å². The lowest BCUT2D eigenvalue weighted by molar-refractivity contribution is 0.00578. The van der Waals surface area contributed by atoms with E-state index in [1.54, 1.807) is 0 Å². The summed E-state index contributed by atoms with van der Waals surface area (Å²) in [6, 6.07) is 7.41. The number of likely N-dealkylation sites (tertiary alicyclic amines) is 1. The predicted molar refractivity (Wildman–Crippen MR) is 119 cm³/mol. The van der Waals surface area contributed by atoms with Gasteiger partial charge in [0.05, 0.1) is 35.1 Å². The molecule has 1 saturated carbocycles. The van der Waals surface area contributed by atoms with Crippen molar-refractivity contribution >= 4 is 23.5 Å². The maximum atomic E-state index is 9.86. The Morgan fingerprint density at radius 2 is 1.67 bits per heavy atom.